The van der Waals surface area contributed by atoms with Crippen LogP contribution in [0.5, 0.6) is 0 Å². The van der Waals surface area contributed by atoms with Crippen molar-refractivity contribution < 1.29 is 19.1 Å². The Morgan fingerprint density at radius 1 is 1.17 bits per heavy atom. The molecule has 2 aromatic carbocycles. The van der Waals surface area contributed by atoms with Crippen molar-refractivity contribution in [1.82, 2.24) is 9.55 Å². The zero-order chi connectivity index (χ0) is 19.7. The molecule has 0 aliphatic carbocycles. The first-order chi connectivity index (χ1) is 12.8. The van der Waals surface area contributed by atoms with Crippen LogP contribution in [0.15, 0.2) is 42.5 Å². The summed E-state index contributed by atoms with van der Waals surface area (Å²) in [6.07, 6.45) is 0. The summed E-state index contributed by atoms with van der Waals surface area (Å²) >= 11 is 6.06. The molecule has 0 spiro atoms. The second-order valence-electron chi connectivity index (χ2n) is 5.77. The predicted octanol–water partition coefficient (Wildman–Crippen LogP) is 4.20. The summed E-state index contributed by atoms with van der Waals surface area (Å²) in [4.78, 5) is 28.5. The number of carbonyl (C=O) groups excluding carboxylic acids is 1. The molecule has 29 heavy (non-hydrogen) atoms. The lowest BCUT2D eigenvalue weighted by atomic mass is 10.0. The van der Waals surface area contributed by atoms with Crippen LogP contribution >= 0.6 is 36.4 Å². The summed E-state index contributed by atoms with van der Waals surface area (Å²) in [6.45, 7) is 1.48. The van der Waals surface area contributed by atoms with Gasteiger partial charge in [0.25, 0.3) is 0 Å². The molecule has 1 heterocycles. The first kappa shape index (κ1) is 24.6. The Morgan fingerprint density at radius 3 is 2.41 bits per heavy atom. The number of hydrogen-bond acceptors (Lipinski definition) is 4. The number of aromatic carboxylic acids is 1. The van der Waals surface area contributed by atoms with E-state index in [0.29, 0.717) is 11.5 Å². The van der Waals surface area contributed by atoms with Crippen molar-refractivity contribution in [3.63, 3.8) is 0 Å². The fourth-order valence-electron chi connectivity index (χ4n) is 2.93. The Hall–Kier alpha value is -2.45. The lowest BCUT2D eigenvalue weighted by molar-refractivity contribution is 0.0689. The Kier molecular flexibility index (Phi) is 8.35. The summed E-state index contributed by atoms with van der Waals surface area (Å²) in [7, 11) is 0. The van der Waals surface area contributed by atoms with E-state index in [1.807, 2.05) is 0 Å². The summed E-state index contributed by atoms with van der Waals surface area (Å²) in [5, 5.41) is 9.63. The number of rotatable bonds is 5. The normalized spacial score (nSPS) is 10.1. The maximum Gasteiger partial charge on any atom is 0.356 e. The molecule has 154 valence electrons. The van der Waals surface area contributed by atoms with Crippen molar-refractivity contribution in [2.24, 2.45) is 5.73 Å². The monoisotopic (exact) mass is 459 g/mol. The van der Waals surface area contributed by atoms with Crippen LogP contribution in [0, 0.1) is 12.7 Å². The summed E-state index contributed by atoms with van der Waals surface area (Å²) in [5.74, 6) is -2.15. The van der Waals surface area contributed by atoms with Crippen molar-refractivity contribution in [3.05, 3.63) is 81.6 Å². The standard InChI is InChI=1S/C19H15ClFN3O3.2ClH/c1-10-23-17(19(26)27)16(9-22)24(10)15-7-6-11(20)8-13(15)18(25)12-4-2-3-5-14(12)21;;/h2-8H,9,22H2,1H3,(H,26,27);2*1H. The third-order valence-corrected chi connectivity index (χ3v) is 4.33. The zero-order valence-corrected chi connectivity index (χ0v) is 17.4. The molecule has 3 rings (SSSR count). The second-order valence-corrected chi connectivity index (χ2v) is 6.21. The molecule has 0 radical (unpaired) electrons. The van der Waals surface area contributed by atoms with Crippen molar-refractivity contribution >= 4 is 48.2 Å². The molecule has 10 heteroatoms. The van der Waals surface area contributed by atoms with Gasteiger partial charge in [0.05, 0.1) is 16.9 Å². The molecular weight excluding hydrogens is 444 g/mol. The number of nitrogens with zero attached hydrogens (tertiary/aromatic N) is 2. The zero-order valence-electron chi connectivity index (χ0n) is 15.1. The molecule has 0 aliphatic heterocycles. The van der Waals surface area contributed by atoms with E-state index in [0.717, 1.165) is 0 Å². The lowest BCUT2D eigenvalue weighted by Gasteiger charge is -2.15. The molecule has 0 saturated heterocycles. The average molecular weight is 461 g/mol. The Bertz CT molecular complexity index is 1070. The fraction of sp³-hybridized carbons (Fsp3) is 0.105. The number of aryl methyl sites for hydroxylation is 1. The van der Waals surface area contributed by atoms with E-state index in [2.05, 4.69) is 4.98 Å². The maximum atomic E-state index is 14.1. The van der Waals surface area contributed by atoms with Gasteiger partial charge in [-0.25, -0.2) is 14.2 Å². The van der Waals surface area contributed by atoms with Crippen LogP contribution in [0.3, 0.4) is 0 Å². The number of halogens is 4. The number of carbonyl (C=O) groups is 2. The van der Waals surface area contributed by atoms with Gasteiger partial charge in [-0.15, -0.1) is 24.8 Å². The Morgan fingerprint density at radius 2 is 1.83 bits per heavy atom. The highest BCUT2D eigenvalue weighted by Gasteiger charge is 2.24. The van der Waals surface area contributed by atoms with Gasteiger partial charge in [0.2, 0.25) is 0 Å². The molecule has 6 nitrogen and oxygen atoms in total. The number of carboxylic acids is 1. The summed E-state index contributed by atoms with van der Waals surface area (Å²) in [6, 6.07) is 10.1. The van der Waals surface area contributed by atoms with Gasteiger partial charge in [0.1, 0.15) is 11.6 Å². The van der Waals surface area contributed by atoms with E-state index < -0.39 is 17.6 Å². The number of ketones is 1. The fourth-order valence-corrected chi connectivity index (χ4v) is 3.10. The van der Waals surface area contributed by atoms with Gasteiger partial charge in [-0.3, -0.25) is 9.36 Å². The molecule has 0 saturated carbocycles. The molecule has 0 aliphatic rings. The van der Waals surface area contributed by atoms with E-state index in [1.165, 1.54) is 28.8 Å². The van der Waals surface area contributed by atoms with Gasteiger partial charge >= 0.3 is 5.97 Å². The molecule has 1 aromatic heterocycles. The number of hydrogen-bond donors (Lipinski definition) is 2. The number of aromatic nitrogens is 2. The highest BCUT2D eigenvalue weighted by atomic mass is 35.5. The highest BCUT2D eigenvalue weighted by Crippen LogP contribution is 2.27. The quantitative estimate of drug-likeness (QED) is 0.556. The van der Waals surface area contributed by atoms with Crippen LogP contribution in [-0.4, -0.2) is 26.4 Å². The van der Waals surface area contributed by atoms with Crippen molar-refractivity contribution in [2.75, 3.05) is 0 Å². The first-order valence-electron chi connectivity index (χ1n) is 7.96. The lowest BCUT2D eigenvalue weighted by Crippen LogP contribution is -2.15. The molecular formula is C19H17Cl3FN3O3. The van der Waals surface area contributed by atoms with Crippen LogP contribution in [0.1, 0.15) is 37.9 Å². The SMILES string of the molecule is Cc1nc(C(=O)O)c(CN)n1-c1ccc(Cl)cc1C(=O)c1ccccc1F.Cl.Cl. The minimum absolute atomic E-state index is 0. The predicted molar refractivity (Wildman–Crippen MR) is 112 cm³/mol. The van der Waals surface area contributed by atoms with E-state index in [4.69, 9.17) is 17.3 Å². The highest BCUT2D eigenvalue weighted by molar-refractivity contribution is 6.31. The van der Waals surface area contributed by atoms with Gasteiger partial charge in [-0.1, -0.05) is 23.7 Å². The third-order valence-electron chi connectivity index (χ3n) is 4.10. The van der Waals surface area contributed by atoms with Crippen LogP contribution in [-0.2, 0) is 6.54 Å². The largest absolute Gasteiger partial charge is 0.476 e. The molecule has 0 bridgehead atoms. The van der Waals surface area contributed by atoms with Gasteiger partial charge in [0.15, 0.2) is 11.5 Å². The van der Waals surface area contributed by atoms with E-state index in [9.17, 15) is 19.1 Å². The number of carboxylic acid groups (broad SMARTS) is 1. The molecule has 3 N–H and O–H groups in total. The molecule has 0 amide bonds. The molecule has 0 atom stereocenters. The van der Waals surface area contributed by atoms with Crippen molar-refractivity contribution in [2.45, 2.75) is 13.5 Å². The second kappa shape index (κ2) is 9.84. The summed E-state index contributed by atoms with van der Waals surface area (Å²) in [5.41, 5.74) is 6.08. The number of nitrogens with two attached hydrogens (primary N) is 1. The molecule has 3 aromatic rings. The minimum atomic E-state index is -1.23. The van der Waals surface area contributed by atoms with Crippen LogP contribution in [0.4, 0.5) is 4.39 Å². The van der Waals surface area contributed by atoms with Crippen LogP contribution in [0.25, 0.3) is 5.69 Å². The topological polar surface area (TPSA) is 98.2 Å². The van der Waals surface area contributed by atoms with Gasteiger partial charge in [-0.05, 0) is 37.3 Å². The van der Waals surface area contributed by atoms with Crippen LogP contribution < -0.4 is 5.73 Å². The Balaban J connectivity index is 0.00000210. The average Bonchev–Trinajstić information content (AvgIpc) is 2.98. The molecule has 0 fully saturated rings. The van der Waals surface area contributed by atoms with Gasteiger partial charge in [-0.2, -0.15) is 0 Å². The number of benzene rings is 2. The van der Waals surface area contributed by atoms with Crippen molar-refractivity contribution in [1.29, 1.82) is 0 Å². The molecule has 0 unspecified atom stereocenters. The van der Waals surface area contributed by atoms with E-state index >= 15 is 0 Å². The van der Waals surface area contributed by atoms with Crippen molar-refractivity contribution in [3.8, 4) is 5.69 Å². The first-order valence-corrected chi connectivity index (χ1v) is 8.33. The minimum Gasteiger partial charge on any atom is -0.476 e. The summed E-state index contributed by atoms with van der Waals surface area (Å²) < 4.78 is 15.6. The number of imidazole rings is 1. The Labute approximate surface area is 183 Å². The van der Waals surface area contributed by atoms with E-state index in [-0.39, 0.29) is 58.9 Å². The van der Waals surface area contributed by atoms with E-state index in [1.54, 1.807) is 25.1 Å². The smallest absolute Gasteiger partial charge is 0.356 e. The van der Waals surface area contributed by atoms with Gasteiger partial charge in [0, 0.05) is 17.1 Å². The van der Waals surface area contributed by atoms with Gasteiger partial charge < -0.3 is 10.8 Å². The maximum absolute atomic E-state index is 14.1. The van der Waals surface area contributed by atoms with Crippen LogP contribution in [0.2, 0.25) is 5.02 Å². The third kappa shape index (κ3) is 4.59.